The summed E-state index contributed by atoms with van der Waals surface area (Å²) in [6.45, 7) is 0. The van der Waals surface area contributed by atoms with E-state index in [1.807, 2.05) is 18.2 Å². The predicted octanol–water partition coefficient (Wildman–Crippen LogP) is 3.88. The Balaban J connectivity index is 2.04. The van der Waals surface area contributed by atoms with Crippen LogP contribution in [0.4, 0.5) is 0 Å². The van der Waals surface area contributed by atoms with Gasteiger partial charge < -0.3 is 4.74 Å². The van der Waals surface area contributed by atoms with Crippen molar-refractivity contribution in [3.05, 3.63) is 35.9 Å². The molecule has 2 atom stereocenters. The molecule has 1 aliphatic carbocycles. The van der Waals surface area contributed by atoms with Gasteiger partial charge in [0.05, 0.1) is 6.42 Å². The first-order valence-corrected chi connectivity index (χ1v) is 7.15. The van der Waals surface area contributed by atoms with Gasteiger partial charge in [-0.25, -0.2) is 0 Å². The average molecular weight is 267 g/mol. The van der Waals surface area contributed by atoms with Crippen LogP contribution in [0.25, 0.3) is 0 Å². The van der Waals surface area contributed by atoms with Crippen molar-refractivity contribution in [3.63, 3.8) is 0 Å². The van der Waals surface area contributed by atoms with Crippen molar-refractivity contribution >= 4 is 17.6 Å². The molecule has 2 rings (SSSR count). The van der Waals surface area contributed by atoms with Gasteiger partial charge in [0.15, 0.2) is 0 Å². The van der Waals surface area contributed by atoms with Crippen LogP contribution in [0, 0.1) is 0 Å². The number of carbonyl (C=O) groups is 1. The van der Waals surface area contributed by atoms with E-state index >= 15 is 0 Å². The molecule has 3 heteroatoms. The topological polar surface area (TPSA) is 26.3 Å². The number of esters is 1. The van der Waals surface area contributed by atoms with Crippen molar-refractivity contribution in [2.24, 2.45) is 0 Å². The Morgan fingerprint density at radius 3 is 2.67 bits per heavy atom. The normalized spacial score (nSPS) is 23.6. The first-order valence-electron chi connectivity index (χ1n) is 6.61. The zero-order valence-corrected chi connectivity index (χ0v) is 11.2. The van der Waals surface area contributed by atoms with Gasteiger partial charge in [0.2, 0.25) is 0 Å². The zero-order chi connectivity index (χ0) is 12.8. The monoisotopic (exact) mass is 266 g/mol. The van der Waals surface area contributed by atoms with Crippen molar-refractivity contribution in [2.45, 2.75) is 44.1 Å². The average Bonchev–Trinajstić information content (AvgIpc) is 2.40. The molecule has 2 nitrogen and oxygen atoms in total. The highest BCUT2D eigenvalue weighted by molar-refractivity contribution is 6.18. The number of halogens is 1. The van der Waals surface area contributed by atoms with Crippen molar-refractivity contribution in [2.75, 3.05) is 5.88 Å². The minimum absolute atomic E-state index is 0.0249. The summed E-state index contributed by atoms with van der Waals surface area (Å²) in [5, 5.41) is 0. The first-order chi connectivity index (χ1) is 8.81. The van der Waals surface area contributed by atoms with Crippen LogP contribution in [0.5, 0.6) is 0 Å². The molecule has 2 unspecified atom stereocenters. The Bertz CT molecular complexity index is 377. The lowest BCUT2D eigenvalue weighted by molar-refractivity contribution is -0.151. The maximum absolute atomic E-state index is 11.6. The molecule has 0 amide bonds. The van der Waals surface area contributed by atoms with Crippen LogP contribution in [0.2, 0.25) is 0 Å². The van der Waals surface area contributed by atoms with Crippen LogP contribution in [-0.4, -0.2) is 18.0 Å². The molecule has 0 bridgehead atoms. The SMILES string of the molecule is O=C(CCCl)OC1CCCCC1c1ccccc1. The maximum atomic E-state index is 11.6. The number of carbonyl (C=O) groups excluding carboxylic acids is 1. The summed E-state index contributed by atoms with van der Waals surface area (Å²) < 4.78 is 5.58. The molecule has 0 spiro atoms. The highest BCUT2D eigenvalue weighted by atomic mass is 35.5. The third kappa shape index (κ3) is 3.49. The fourth-order valence-corrected chi connectivity index (χ4v) is 2.78. The largest absolute Gasteiger partial charge is 0.462 e. The summed E-state index contributed by atoms with van der Waals surface area (Å²) in [6, 6.07) is 10.3. The minimum atomic E-state index is -0.169. The summed E-state index contributed by atoms with van der Waals surface area (Å²) >= 11 is 5.57. The van der Waals surface area contributed by atoms with Gasteiger partial charge in [-0.3, -0.25) is 4.79 Å². The maximum Gasteiger partial charge on any atom is 0.307 e. The third-order valence-corrected chi connectivity index (χ3v) is 3.70. The number of hydrogen-bond donors (Lipinski definition) is 0. The number of alkyl halides is 1. The Labute approximate surface area is 113 Å². The van der Waals surface area contributed by atoms with E-state index in [1.165, 1.54) is 12.0 Å². The van der Waals surface area contributed by atoms with Crippen LogP contribution >= 0.6 is 11.6 Å². The number of hydrogen-bond acceptors (Lipinski definition) is 2. The standard InChI is InChI=1S/C15H19ClO2/c16-11-10-15(17)18-14-9-5-4-8-13(14)12-6-2-1-3-7-12/h1-3,6-7,13-14H,4-5,8-11H2. The quantitative estimate of drug-likeness (QED) is 0.611. The van der Waals surface area contributed by atoms with E-state index in [0.717, 1.165) is 19.3 Å². The molecule has 1 aromatic rings. The highest BCUT2D eigenvalue weighted by Crippen LogP contribution is 2.35. The molecular weight excluding hydrogens is 248 g/mol. The summed E-state index contributed by atoms with van der Waals surface area (Å²) in [5.41, 5.74) is 1.28. The van der Waals surface area contributed by atoms with E-state index in [-0.39, 0.29) is 12.1 Å². The molecule has 98 valence electrons. The molecule has 0 aromatic heterocycles. The molecule has 0 saturated heterocycles. The second kappa shape index (κ2) is 6.79. The molecule has 18 heavy (non-hydrogen) atoms. The van der Waals surface area contributed by atoms with Gasteiger partial charge in [-0.05, 0) is 24.8 Å². The van der Waals surface area contributed by atoms with E-state index in [1.54, 1.807) is 0 Å². The van der Waals surface area contributed by atoms with Crippen LogP contribution in [-0.2, 0) is 9.53 Å². The summed E-state index contributed by atoms with van der Waals surface area (Å²) in [6.07, 6.45) is 4.75. The van der Waals surface area contributed by atoms with Crippen LogP contribution in [0.1, 0.15) is 43.6 Å². The van der Waals surface area contributed by atoms with Gasteiger partial charge in [-0.15, -0.1) is 11.6 Å². The fraction of sp³-hybridized carbons (Fsp3) is 0.533. The fourth-order valence-electron chi connectivity index (χ4n) is 2.62. The predicted molar refractivity (Wildman–Crippen MR) is 72.9 cm³/mol. The molecule has 1 aliphatic rings. The molecule has 0 aliphatic heterocycles. The van der Waals surface area contributed by atoms with Gasteiger partial charge in [-0.1, -0.05) is 36.8 Å². The second-order valence-corrected chi connectivity index (χ2v) is 5.15. The van der Waals surface area contributed by atoms with E-state index < -0.39 is 0 Å². The van der Waals surface area contributed by atoms with E-state index in [9.17, 15) is 4.79 Å². The van der Waals surface area contributed by atoms with Gasteiger partial charge in [-0.2, -0.15) is 0 Å². The van der Waals surface area contributed by atoms with Gasteiger partial charge in [0, 0.05) is 11.8 Å². The van der Waals surface area contributed by atoms with Gasteiger partial charge in [0.1, 0.15) is 6.10 Å². The Hall–Kier alpha value is -1.02. The van der Waals surface area contributed by atoms with Crippen molar-refractivity contribution in [3.8, 4) is 0 Å². The van der Waals surface area contributed by atoms with Crippen LogP contribution < -0.4 is 0 Å². The van der Waals surface area contributed by atoms with Crippen molar-refractivity contribution < 1.29 is 9.53 Å². The molecule has 0 radical (unpaired) electrons. The smallest absolute Gasteiger partial charge is 0.307 e. The number of ether oxygens (including phenoxy) is 1. The van der Waals surface area contributed by atoms with Gasteiger partial charge in [0.25, 0.3) is 0 Å². The van der Waals surface area contributed by atoms with Gasteiger partial charge >= 0.3 is 5.97 Å². The van der Waals surface area contributed by atoms with E-state index in [2.05, 4.69) is 12.1 Å². The lowest BCUT2D eigenvalue weighted by atomic mass is 9.81. The van der Waals surface area contributed by atoms with E-state index in [0.29, 0.717) is 18.2 Å². The summed E-state index contributed by atoms with van der Waals surface area (Å²) in [5.74, 6) is 0.513. The van der Waals surface area contributed by atoms with E-state index in [4.69, 9.17) is 16.3 Å². The minimum Gasteiger partial charge on any atom is -0.462 e. The molecule has 0 N–H and O–H groups in total. The molecule has 1 saturated carbocycles. The Morgan fingerprint density at radius 2 is 1.94 bits per heavy atom. The summed E-state index contributed by atoms with van der Waals surface area (Å²) in [4.78, 5) is 11.6. The number of rotatable bonds is 4. The Morgan fingerprint density at radius 1 is 1.22 bits per heavy atom. The number of benzene rings is 1. The lowest BCUT2D eigenvalue weighted by Crippen LogP contribution is -2.28. The Kier molecular flexibility index (Phi) is 5.06. The van der Waals surface area contributed by atoms with Crippen LogP contribution in [0.3, 0.4) is 0 Å². The molecular formula is C15H19ClO2. The first kappa shape index (κ1) is 13.4. The highest BCUT2D eigenvalue weighted by Gasteiger charge is 2.29. The lowest BCUT2D eigenvalue weighted by Gasteiger charge is -2.31. The molecule has 0 heterocycles. The zero-order valence-electron chi connectivity index (χ0n) is 10.5. The third-order valence-electron chi connectivity index (χ3n) is 3.51. The summed E-state index contributed by atoms with van der Waals surface area (Å²) in [7, 11) is 0. The van der Waals surface area contributed by atoms with Crippen molar-refractivity contribution in [1.29, 1.82) is 0 Å². The molecule has 1 aromatic carbocycles. The second-order valence-electron chi connectivity index (χ2n) is 4.77. The van der Waals surface area contributed by atoms with Crippen molar-refractivity contribution in [1.82, 2.24) is 0 Å². The molecule has 1 fully saturated rings. The van der Waals surface area contributed by atoms with Crippen LogP contribution in [0.15, 0.2) is 30.3 Å².